The minimum atomic E-state index is 0.340. The van der Waals surface area contributed by atoms with Crippen molar-refractivity contribution in [3.63, 3.8) is 0 Å². The van der Waals surface area contributed by atoms with Gasteiger partial charge in [0.25, 0.3) is 0 Å². The molecule has 2 nitrogen and oxygen atoms in total. The van der Waals surface area contributed by atoms with Gasteiger partial charge in [-0.3, -0.25) is 4.79 Å². The van der Waals surface area contributed by atoms with E-state index in [1.54, 1.807) is 0 Å². The van der Waals surface area contributed by atoms with E-state index in [9.17, 15) is 4.79 Å². The molecule has 132 valence electrons. The number of nitrogens with zero attached hydrogens (tertiary/aromatic N) is 1. The van der Waals surface area contributed by atoms with Crippen LogP contribution in [0.4, 0.5) is 0 Å². The van der Waals surface area contributed by atoms with Gasteiger partial charge >= 0.3 is 0 Å². The Morgan fingerprint density at radius 2 is 1.35 bits per heavy atom. The van der Waals surface area contributed by atoms with Crippen LogP contribution in [-0.2, 0) is 4.79 Å². The highest BCUT2D eigenvalue weighted by Gasteiger charge is 2.45. The molecule has 1 saturated heterocycles. The predicted octanol–water partition coefficient (Wildman–Crippen LogP) is 5.70. The van der Waals surface area contributed by atoms with Gasteiger partial charge in [-0.15, -0.1) is 0 Å². The van der Waals surface area contributed by atoms with Crippen molar-refractivity contribution in [2.24, 2.45) is 11.3 Å². The molecule has 3 aliphatic rings. The molecule has 1 spiro atoms. The number of hydrogen-bond acceptors (Lipinski definition) is 1. The predicted molar refractivity (Wildman–Crippen MR) is 96.4 cm³/mol. The van der Waals surface area contributed by atoms with Crippen molar-refractivity contribution in [2.45, 2.75) is 109 Å². The van der Waals surface area contributed by atoms with Gasteiger partial charge in [0.15, 0.2) is 0 Å². The SMILES string of the molecule is CC(=O)N1CCCCCCCC2(CCCCC2)C2CCCCC21. The number of amides is 1. The van der Waals surface area contributed by atoms with Crippen molar-refractivity contribution in [3.8, 4) is 0 Å². The highest BCUT2D eigenvalue weighted by molar-refractivity contribution is 5.73. The molecule has 0 bridgehead atoms. The van der Waals surface area contributed by atoms with Crippen molar-refractivity contribution in [2.75, 3.05) is 6.54 Å². The van der Waals surface area contributed by atoms with Gasteiger partial charge in [-0.05, 0) is 49.9 Å². The molecule has 2 unspecified atom stereocenters. The molecule has 2 aliphatic carbocycles. The van der Waals surface area contributed by atoms with E-state index in [0.717, 1.165) is 12.5 Å². The van der Waals surface area contributed by atoms with Crippen molar-refractivity contribution >= 4 is 5.91 Å². The zero-order chi connectivity index (χ0) is 16.1. The van der Waals surface area contributed by atoms with Gasteiger partial charge in [0, 0.05) is 19.5 Å². The van der Waals surface area contributed by atoms with Crippen molar-refractivity contribution in [1.82, 2.24) is 4.90 Å². The molecule has 1 aliphatic heterocycles. The average Bonchev–Trinajstić information content (AvgIpc) is 2.60. The van der Waals surface area contributed by atoms with Crippen LogP contribution < -0.4 is 0 Å². The van der Waals surface area contributed by atoms with Gasteiger partial charge in [0.05, 0.1) is 0 Å². The van der Waals surface area contributed by atoms with Crippen LogP contribution in [0.5, 0.6) is 0 Å². The summed E-state index contributed by atoms with van der Waals surface area (Å²) in [6.07, 6.45) is 20.8. The second kappa shape index (κ2) is 8.03. The van der Waals surface area contributed by atoms with E-state index in [-0.39, 0.29) is 0 Å². The fourth-order valence-corrected chi connectivity index (χ4v) is 6.11. The summed E-state index contributed by atoms with van der Waals surface area (Å²) in [5.41, 5.74) is 0.571. The summed E-state index contributed by atoms with van der Waals surface area (Å²) in [6.45, 7) is 2.84. The van der Waals surface area contributed by atoms with Crippen LogP contribution in [0.3, 0.4) is 0 Å². The third kappa shape index (κ3) is 3.94. The van der Waals surface area contributed by atoms with Gasteiger partial charge in [0.2, 0.25) is 5.91 Å². The van der Waals surface area contributed by atoms with E-state index in [2.05, 4.69) is 4.90 Å². The van der Waals surface area contributed by atoms with Gasteiger partial charge in [-0.2, -0.15) is 0 Å². The van der Waals surface area contributed by atoms with E-state index < -0.39 is 0 Å². The fourth-order valence-electron chi connectivity index (χ4n) is 6.11. The van der Waals surface area contributed by atoms with Crippen LogP contribution in [-0.4, -0.2) is 23.4 Å². The first-order chi connectivity index (χ1) is 11.2. The first-order valence-corrected chi connectivity index (χ1v) is 10.5. The van der Waals surface area contributed by atoms with Crippen molar-refractivity contribution < 1.29 is 4.79 Å². The summed E-state index contributed by atoms with van der Waals surface area (Å²) in [4.78, 5) is 14.7. The number of hydrogen-bond donors (Lipinski definition) is 0. The molecule has 0 aromatic rings. The van der Waals surface area contributed by atoms with E-state index >= 15 is 0 Å². The normalized spacial score (nSPS) is 32.8. The van der Waals surface area contributed by atoms with E-state index in [4.69, 9.17) is 0 Å². The average molecular weight is 320 g/mol. The fraction of sp³-hybridized carbons (Fsp3) is 0.952. The second-order valence-electron chi connectivity index (χ2n) is 8.61. The van der Waals surface area contributed by atoms with Gasteiger partial charge in [0.1, 0.15) is 0 Å². The third-order valence-electron chi connectivity index (χ3n) is 7.24. The Morgan fingerprint density at radius 1 is 0.783 bits per heavy atom. The lowest BCUT2D eigenvalue weighted by molar-refractivity contribution is -0.135. The maximum absolute atomic E-state index is 12.4. The molecule has 3 fully saturated rings. The van der Waals surface area contributed by atoms with Crippen molar-refractivity contribution in [1.29, 1.82) is 0 Å². The van der Waals surface area contributed by atoms with Gasteiger partial charge in [-0.25, -0.2) is 0 Å². The number of fused-ring (bicyclic) bond motifs is 2. The molecule has 0 aromatic carbocycles. The number of carbonyl (C=O) groups excluding carboxylic acids is 1. The van der Waals surface area contributed by atoms with Crippen LogP contribution in [0.2, 0.25) is 0 Å². The zero-order valence-electron chi connectivity index (χ0n) is 15.3. The molecule has 0 radical (unpaired) electrons. The zero-order valence-corrected chi connectivity index (χ0v) is 15.3. The lowest BCUT2D eigenvalue weighted by Gasteiger charge is -2.52. The number of rotatable bonds is 0. The molecule has 1 heterocycles. The summed E-state index contributed by atoms with van der Waals surface area (Å²) in [7, 11) is 0. The van der Waals surface area contributed by atoms with Crippen LogP contribution in [0.1, 0.15) is 103 Å². The largest absolute Gasteiger partial charge is 0.340 e. The van der Waals surface area contributed by atoms with Crippen LogP contribution in [0.25, 0.3) is 0 Å². The molecule has 2 atom stereocenters. The summed E-state index contributed by atoms with van der Waals surface area (Å²) >= 11 is 0. The topological polar surface area (TPSA) is 20.3 Å². The standard InChI is InChI=1S/C21H37NO/c1-18(23)22-17-11-4-2-3-8-14-21(15-9-5-10-16-21)19-12-6-7-13-20(19)22/h19-20H,2-17H2,1H3. The minimum Gasteiger partial charge on any atom is -0.340 e. The molecule has 0 aromatic heterocycles. The monoisotopic (exact) mass is 319 g/mol. The smallest absolute Gasteiger partial charge is 0.219 e. The van der Waals surface area contributed by atoms with Gasteiger partial charge < -0.3 is 4.90 Å². The second-order valence-corrected chi connectivity index (χ2v) is 8.61. The molecule has 0 N–H and O–H groups in total. The Morgan fingerprint density at radius 3 is 2.04 bits per heavy atom. The lowest BCUT2D eigenvalue weighted by atomic mass is 9.58. The van der Waals surface area contributed by atoms with Gasteiger partial charge in [-0.1, -0.05) is 57.8 Å². The van der Waals surface area contributed by atoms with E-state index in [1.807, 2.05) is 6.92 Å². The summed E-state index contributed by atoms with van der Waals surface area (Å²) in [5.74, 6) is 1.13. The van der Waals surface area contributed by atoms with E-state index in [0.29, 0.717) is 17.4 Å². The summed E-state index contributed by atoms with van der Waals surface area (Å²) < 4.78 is 0. The highest BCUT2D eigenvalue weighted by Crippen LogP contribution is 2.52. The Hall–Kier alpha value is -0.530. The Balaban J connectivity index is 1.88. The summed E-state index contributed by atoms with van der Waals surface area (Å²) in [5, 5.41) is 0. The third-order valence-corrected chi connectivity index (χ3v) is 7.24. The molecular formula is C21H37NO. The molecule has 1 amide bonds. The maximum Gasteiger partial charge on any atom is 0.219 e. The van der Waals surface area contributed by atoms with Crippen LogP contribution in [0, 0.1) is 11.3 Å². The molecule has 3 rings (SSSR count). The Labute approximate surface area is 143 Å². The highest BCUT2D eigenvalue weighted by atomic mass is 16.2. The first-order valence-electron chi connectivity index (χ1n) is 10.5. The first kappa shape index (κ1) is 17.3. The Kier molecular flexibility index (Phi) is 6.04. The molecular weight excluding hydrogens is 282 g/mol. The minimum absolute atomic E-state index is 0.340. The Bertz CT molecular complexity index is 385. The quantitative estimate of drug-likeness (QED) is 0.561. The van der Waals surface area contributed by atoms with Crippen LogP contribution >= 0.6 is 0 Å². The molecule has 23 heavy (non-hydrogen) atoms. The van der Waals surface area contributed by atoms with Crippen LogP contribution in [0.15, 0.2) is 0 Å². The lowest BCUT2D eigenvalue weighted by Crippen LogP contribution is -2.51. The number of carbonyl (C=O) groups is 1. The molecule has 2 heteroatoms. The van der Waals surface area contributed by atoms with E-state index in [1.165, 1.54) is 96.3 Å². The molecule has 2 saturated carbocycles. The summed E-state index contributed by atoms with van der Waals surface area (Å²) in [6, 6.07) is 0.553. The maximum atomic E-state index is 12.4. The van der Waals surface area contributed by atoms with Crippen molar-refractivity contribution in [3.05, 3.63) is 0 Å².